The summed E-state index contributed by atoms with van der Waals surface area (Å²) >= 11 is 0. The van der Waals surface area contributed by atoms with Gasteiger partial charge in [0, 0.05) is 32.1 Å². The van der Waals surface area contributed by atoms with Crippen LogP contribution in [0.15, 0.2) is 78.9 Å². The van der Waals surface area contributed by atoms with E-state index in [0.717, 1.165) is 40.7 Å². The minimum absolute atomic E-state index is 0.0592. The second-order valence-corrected chi connectivity index (χ2v) is 12.0. The molecule has 2 N–H and O–H groups in total. The number of carbonyl (C=O) groups is 3. The van der Waals surface area contributed by atoms with Crippen LogP contribution in [0.1, 0.15) is 41.9 Å². The Balaban J connectivity index is 1.16. The van der Waals surface area contributed by atoms with Crippen LogP contribution in [0.25, 0.3) is 11.1 Å². The van der Waals surface area contributed by atoms with Crippen LogP contribution in [-0.2, 0) is 20.9 Å². The summed E-state index contributed by atoms with van der Waals surface area (Å²) in [6.45, 7) is 1.58. The Morgan fingerprint density at radius 1 is 1.00 bits per heavy atom. The number of carboxylic acids is 1. The molecule has 2 fully saturated rings. The highest BCUT2D eigenvalue weighted by molar-refractivity contribution is 5.88. The molecule has 8 nitrogen and oxygen atoms in total. The van der Waals surface area contributed by atoms with Gasteiger partial charge in [-0.3, -0.25) is 14.5 Å². The smallest absolute Gasteiger partial charge is 0.407 e. The van der Waals surface area contributed by atoms with E-state index in [1.807, 2.05) is 66.5 Å². The summed E-state index contributed by atoms with van der Waals surface area (Å²) in [4.78, 5) is 43.0. The van der Waals surface area contributed by atoms with E-state index in [1.165, 1.54) is 0 Å². The van der Waals surface area contributed by atoms with E-state index >= 15 is 0 Å². The van der Waals surface area contributed by atoms with Crippen molar-refractivity contribution in [2.75, 3.05) is 33.3 Å². The molecule has 3 atom stereocenters. The van der Waals surface area contributed by atoms with Crippen molar-refractivity contribution >= 4 is 18.0 Å². The van der Waals surface area contributed by atoms with Crippen LogP contribution >= 0.6 is 0 Å². The molecule has 3 aliphatic rings. The first-order valence-corrected chi connectivity index (χ1v) is 14.7. The van der Waals surface area contributed by atoms with Crippen molar-refractivity contribution in [3.8, 4) is 11.1 Å². The quantitative estimate of drug-likeness (QED) is 0.388. The molecule has 0 radical (unpaired) electrons. The van der Waals surface area contributed by atoms with Crippen molar-refractivity contribution < 1.29 is 24.2 Å². The zero-order valence-electron chi connectivity index (χ0n) is 23.9. The van der Waals surface area contributed by atoms with Gasteiger partial charge in [0.25, 0.3) is 0 Å². The van der Waals surface area contributed by atoms with Gasteiger partial charge in [0.2, 0.25) is 5.91 Å². The SMILES string of the molecule is CN(Cc1ccccc1)CC(NC(=O)OCC1c2ccccc2-c2ccccc21)C(=O)N1C[C@H]2CCC[C@@]2(C(=O)O)C1. The molecule has 218 valence electrons. The fourth-order valence-corrected chi connectivity index (χ4v) is 7.27. The molecule has 2 amide bonds. The number of benzene rings is 3. The van der Waals surface area contributed by atoms with E-state index in [0.29, 0.717) is 19.5 Å². The standard InChI is InChI=1S/C34H37N3O5/c1-36(18-23-10-3-2-4-11-23)20-30(31(38)37-19-24-12-9-17-34(24,22-37)32(39)40)35-33(41)42-21-29-27-15-7-5-13-25(27)26-14-6-8-16-28(26)29/h2-8,10-11,13-16,24,29-30H,9,12,17-22H2,1H3,(H,35,41)(H,39,40)/t24-,30?,34-/m1/s1. The number of likely N-dealkylation sites (N-methyl/N-ethyl adjacent to an activating group) is 1. The topological polar surface area (TPSA) is 99.2 Å². The minimum Gasteiger partial charge on any atom is -0.481 e. The van der Waals surface area contributed by atoms with Crippen LogP contribution in [-0.4, -0.2) is 72.2 Å². The Morgan fingerprint density at radius 2 is 1.64 bits per heavy atom. The Kier molecular flexibility index (Phi) is 7.73. The van der Waals surface area contributed by atoms with Gasteiger partial charge in [-0.25, -0.2) is 4.79 Å². The monoisotopic (exact) mass is 567 g/mol. The number of alkyl carbamates (subject to hydrolysis) is 1. The fourth-order valence-electron chi connectivity index (χ4n) is 7.27. The molecular formula is C34H37N3O5. The average Bonchev–Trinajstić information content (AvgIpc) is 3.66. The highest BCUT2D eigenvalue weighted by atomic mass is 16.5. The zero-order chi connectivity index (χ0) is 29.3. The van der Waals surface area contributed by atoms with Gasteiger partial charge in [0.05, 0.1) is 5.41 Å². The molecule has 0 aromatic heterocycles. The van der Waals surface area contributed by atoms with Gasteiger partial charge in [-0.05, 0) is 53.6 Å². The summed E-state index contributed by atoms with van der Waals surface area (Å²) in [6.07, 6.45) is 1.58. The van der Waals surface area contributed by atoms with Crippen LogP contribution in [0.4, 0.5) is 4.79 Å². The highest BCUT2D eigenvalue weighted by Gasteiger charge is 2.56. The average molecular weight is 568 g/mol. The van der Waals surface area contributed by atoms with Crippen molar-refractivity contribution in [3.63, 3.8) is 0 Å². The normalized spacial score (nSPS) is 21.5. The number of hydrogen-bond acceptors (Lipinski definition) is 5. The number of nitrogens with one attached hydrogen (secondary N) is 1. The molecule has 42 heavy (non-hydrogen) atoms. The molecule has 0 bridgehead atoms. The van der Waals surface area contributed by atoms with Crippen molar-refractivity contribution in [1.82, 2.24) is 15.1 Å². The summed E-state index contributed by atoms with van der Waals surface area (Å²) in [5.41, 5.74) is 4.72. The minimum atomic E-state index is -0.889. The highest BCUT2D eigenvalue weighted by Crippen LogP contribution is 2.49. The number of likely N-dealkylation sites (tertiary alicyclic amines) is 1. The summed E-state index contributed by atoms with van der Waals surface area (Å²) < 4.78 is 5.78. The molecular weight excluding hydrogens is 530 g/mol. The lowest BCUT2D eigenvalue weighted by molar-refractivity contribution is -0.149. The number of amides is 2. The lowest BCUT2D eigenvalue weighted by Gasteiger charge is -2.29. The van der Waals surface area contributed by atoms with Crippen molar-refractivity contribution in [2.45, 2.75) is 37.8 Å². The number of rotatable bonds is 9. The lowest BCUT2D eigenvalue weighted by Crippen LogP contribution is -2.53. The van der Waals surface area contributed by atoms with Crippen molar-refractivity contribution in [3.05, 3.63) is 95.6 Å². The van der Waals surface area contributed by atoms with E-state index in [-0.39, 0.29) is 37.4 Å². The number of aliphatic carboxylic acids is 1. The van der Waals surface area contributed by atoms with E-state index < -0.39 is 23.5 Å². The predicted octanol–water partition coefficient (Wildman–Crippen LogP) is 4.74. The molecule has 3 aromatic rings. The van der Waals surface area contributed by atoms with Crippen LogP contribution < -0.4 is 5.32 Å². The maximum absolute atomic E-state index is 13.9. The first-order chi connectivity index (χ1) is 20.4. The Hall–Kier alpha value is -4.17. The predicted molar refractivity (Wildman–Crippen MR) is 159 cm³/mol. The summed E-state index contributed by atoms with van der Waals surface area (Å²) in [5, 5.41) is 12.9. The van der Waals surface area contributed by atoms with Gasteiger partial charge >= 0.3 is 12.1 Å². The number of hydrogen-bond donors (Lipinski definition) is 2. The van der Waals surface area contributed by atoms with Gasteiger partial charge in [-0.15, -0.1) is 0 Å². The number of nitrogens with zero attached hydrogens (tertiary/aromatic N) is 2. The van der Waals surface area contributed by atoms with Gasteiger partial charge in [0.15, 0.2) is 0 Å². The summed E-state index contributed by atoms with van der Waals surface area (Å²) in [6, 6.07) is 25.3. The van der Waals surface area contributed by atoms with Crippen molar-refractivity contribution in [1.29, 1.82) is 0 Å². The van der Waals surface area contributed by atoms with Gasteiger partial charge in [-0.1, -0.05) is 85.3 Å². The third kappa shape index (κ3) is 5.27. The second kappa shape index (κ2) is 11.6. The number of ether oxygens (including phenoxy) is 1. The first-order valence-electron chi connectivity index (χ1n) is 14.7. The molecule has 1 saturated heterocycles. The van der Waals surface area contributed by atoms with E-state index in [2.05, 4.69) is 29.6 Å². The molecule has 3 aromatic carbocycles. The molecule has 2 aliphatic carbocycles. The molecule has 1 heterocycles. The van der Waals surface area contributed by atoms with Crippen LogP contribution in [0.3, 0.4) is 0 Å². The Labute approximate surface area is 246 Å². The molecule has 1 saturated carbocycles. The molecule has 6 rings (SSSR count). The lowest BCUT2D eigenvalue weighted by atomic mass is 9.81. The molecule has 0 spiro atoms. The molecule has 8 heteroatoms. The van der Waals surface area contributed by atoms with Crippen LogP contribution in [0.5, 0.6) is 0 Å². The molecule has 1 aliphatic heterocycles. The summed E-state index contributed by atoms with van der Waals surface area (Å²) in [7, 11) is 1.91. The van der Waals surface area contributed by atoms with Crippen LogP contribution in [0.2, 0.25) is 0 Å². The van der Waals surface area contributed by atoms with Gasteiger partial charge in [0.1, 0.15) is 12.6 Å². The number of carbonyl (C=O) groups excluding carboxylic acids is 2. The molecule has 1 unspecified atom stereocenters. The van der Waals surface area contributed by atoms with Crippen LogP contribution in [0, 0.1) is 11.3 Å². The van der Waals surface area contributed by atoms with E-state index in [1.54, 1.807) is 4.90 Å². The summed E-state index contributed by atoms with van der Waals surface area (Å²) in [5.74, 6) is -1.25. The maximum atomic E-state index is 13.9. The Bertz CT molecular complexity index is 1430. The van der Waals surface area contributed by atoms with Gasteiger partial charge < -0.3 is 20.1 Å². The third-order valence-electron chi connectivity index (χ3n) is 9.33. The third-order valence-corrected chi connectivity index (χ3v) is 9.33. The van der Waals surface area contributed by atoms with Crippen molar-refractivity contribution in [2.24, 2.45) is 11.3 Å². The first kappa shape index (κ1) is 28.0. The number of carboxylic acid groups (broad SMARTS) is 1. The number of fused-ring (bicyclic) bond motifs is 4. The largest absolute Gasteiger partial charge is 0.481 e. The zero-order valence-corrected chi connectivity index (χ0v) is 23.9. The van der Waals surface area contributed by atoms with E-state index in [4.69, 9.17) is 4.74 Å². The van der Waals surface area contributed by atoms with E-state index in [9.17, 15) is 19.5 Å². The van der Waals surface area contributed by atoms with Gasteiger partial charge in [-0.2, -0.15) is 0 Å². The Morgan fingerprint density at radius 3 is 2.29 bits per heavy atom. The fraction of sp³-hybridized carbons (Fsp3) is 0.382. The second-order valence-electron chi connectivity index (χ2n) is 12.0. The maximum Gasteiger partial charge on any atom is 0.407 e.